The average molecular weight is 247 g/mol. The summed E-state index contributed by atoms with van der Waals surface area (Å²) in [6.07, 6.45) is 0. The Morgan fingerprint density at radius 3 is 2.77 bits per heavy atom. The van der Waals surface area contributed by atoms with Crippen molar-refractivity contribution in [2.75, 3.05) is 5.33 Å². The summed E-state index contributed by atoms with van der Waals surface area (Å²) < 4.78 is 13.1. The fourth-order valence-corrected chi connectivity index (χ4v) is 1.33. The Bertz CT molecular complexity index is 350. The van der Waals surface area contributed by atoms with Gasteiger partial charge in [0.05, 0.1) is 10.9 Å². The molecule has 0 spiro atoms. The molecule has 0 heterocycles. The number of hydrogen-bond donors (Lipinski definition) is 1. The number of Topliss-reactive ketones (excluding diaryl/α,β-unsaturated/α-hetero) is 1. The van der Waals surface area contributed by atoms with Gasteiger partial charge in [-0.05, 0) is 24.6 Å². The lowest BCUT2D eigenvalue weighted by atomic mass is 10.1. The number of benzene rings is 1. The minimum Gasteiger partial charge on any atom is -0.505 e. The highest BCUT2D eigenvalue weighted by Crippen LogP contribution is 2.22. The SMILES string of the molecule is Cc1cc(O)c(F)c(C(=O)CBr)c1. The molecule has 0 aliphatic heterocycles. The number of aryl methyl sites for hydroxylation is 1. The number of alkyl halides is 1. The third-order valence-electron chi connectivity index (χ3n) is 1.62. The minimum absolute atomic E-state index is 0.0484. The fraction of sp³-hybridized carbons (Fsp3) is 0.222. The molecule has 0 bridgehead atoms. The van der Waals surface area contributed by atoms with Crippen LogP contribution in [0, 0.1) is 12.7 Å². The lowest BCUT2D eigenvalue weighted by Crippen LogP contribution is -2.04. The Labute approximate surface area is 83.5 Å². The van der Waals surface area contributed by atoms with Gasteiger partial charge in [0.1, 0.15) is 0 Å². The molecule has 0 aromatic heterocycles. The highest BCUT2D eigenvalue weighted by Gasteiger charge is 2.14. The monoisotopic (exact) mass is 246 g/mol. The van der Waals surface area contributed by atoms with Gasteiger partial charge >= 0.3 is 0 Å². The first kappa shape index (κ1) is 10.2. The van der Waals surface area contributed by atoms with Crippen molar-refractivity contribution >= 4 is 21.7 Å². The summed E-state index contributed by atoms with van der Waals surface area (Å²) in [5, 5.41) is 9.13. The minimum atomic E-state index is -0.852. The van der Waals surface area contributed by atoms with Gasteiger partial charge in [-0.2, -0.15) is 0 Å². The normalized spacial score (nSPS) is 10.1. The molecule has 0 radical (unpaired) electrons. The van der Waals surface area contributed by atoms with Crippen LogP contribution in [0.4, 0.5) is 4.39 Å². The molecule has 0 saturated carbocycles. The van der Waals surface area contributed by atoms with Crippen LogP contribution in [0.15, 0.2) is 12.1 Å². The molecule has 1 rings (SSSR count). The third-order valence-corrected chi connectivity index (χ3v) is 2.13. The Morgan fingerprint density at radius 1 is 1.62 bits per heavy atom. The van der Waals surface area contributed by atoms with Crippen LogP contribution in [0.2, 0.25) is 0 Å². The van der Waals surface area contributed by atoms with Crippen LogP contribution >= 0.6 is 15.9 Å². The number of phenolic OH excluding ortho intramolecular Hbond substituents is 1. The van der Waals surface area contributed by atoms with Gasteiger partial charge in [0.15, 0.2) is 17.3 Å². The van der Waals surface area contributed by atoms with Crippen LogP contribution in [0.5, 0.6) is 5.75 Å². The largest absolute Gasteiger partial charge is 0.505 e. The Hall–Kier alpha value is -0.900. The number of hydrogen-bond acceptors (Lipinski definition) is 2. The van der Waals surface area contributed by atoms with Crippen LogP contribution in [-0.4, -0.2) is 16.2 Å². The van der Waals surface area contributed by atoms with Gasteiger partial charge < -0.3 is 5.11 Å². The van der Waals surface area contributed by atoms with E-state index < -0.39 is 11.6 Å². The Morgan fingerprint density at radius 2 is 2.23 bits per heavy atom. The number of rotatable bonds is 2. The first-order chi connectivity index (χ1) is 6.06. The van der Waals surface area contributed by atoms with Gasteiger partial charge in [0, 0.05) is 0 Å². The van der Waals surface area contributed by atoms with Gasteiger partial charge in [-0.1, -0.05) is 15.9 Å². The smallest absolute Gasteiger partial charge is 0.176 e. The zero-order valence-electron chi connectivity index (χ0n) is 6.97. The third kappa shape index (κ3) is 2.06. The molecular formula is C9H8BrFO2. The number of carbonyl (C=O) groups excluding carboxylic acids is 1. The molecule has 0 amide bonds. The Balaban J connectivity index is 3.28. The molecule has 1 aromatic carbocycles. The summed E-state index contributed by atoms with van der Waals surface area (Å²) >= 11 is 2.94. The van der Waals surface area contributed by atoms with Crippen molar-refractivity contribution in [3.8, 4) is 5.75 Å². The van der Waals surface area contributed by atoms with Crippen molar-refractivity contribution in [1.82, 2.24) is 0 Å². The molecule has 1 aromatic rings. The van der Waals surface area contributed by atoms with E-state index in [1.165, 1.54) is 12.1 Å². The maximum absolute atomic E-state index is 13.1. The van der Waals surface area contributed by atoms with E-state index in [1.807, 2.05) is 0 Å². The summed E-state index contributed by atoms with van der Waals surface area (Å²) in [5.41, 5.74) is 0.581. The highest BCUT2D eigenvalue weighted by atomic mass is 79.9. The molecule has 1 N–H and O–H groups in total. The van der Waals surface area contributed by atoms with Crippen molar-refractivity contribution in [1.29, 1.82) is 0 Å². The maximum atomic E-state index is 13.1. The van der Waals surface area contributed by atoms with Gasteiger partial charge in [0.2, 0.25) is 0 Å². The number of phenols is 1. The average Bonchev–Trinajstić information content (AvgIpc) is 2.10. The van der Waals surface area contributed by atoms with Gasteiger partial charge in [-0.15, -0.1) is 0 Å². The first-order valence-corrected chi connectivity index (χ1v) is 4.76. The van der Waals surface area contributed by atoms with Gasteiger partial charge in [-0.25, -0.2) is 4.39 Å². The first-order valence-electron chi connectivity index (χ1n) is 3.64. The van der Waals surface area contributed by atoms with E-state index in [4.69, 9.17) is 5.11 Å². The van der Waals surface area contributed by atoms with E-state index in [0.717, 1.165) is 0 Å². The second-order valence-corrected chi connectivity index (χ2v) is 3.26. The molecule has 0 atom stereocenters. The van der Waals surface area contributed by atoms with Crippen molar-refractivity contribution in [2.24, 2.45) is 0 Å². The second-order valence-electron chi connectivity index (χ2n) is 2.70. The molecule has 2 nitrogen and oxygen atoms in total. The van der Waals surface area contributed by atoms with Crippen LogP contribution in [-0.2, 0) is 0 Å². The van der Waals surface area contributed by atoms with Gasteiger partial charge in [0.25, 0.3) is 0 Å². The number of ketones is 1. The summed E-state index contributed by atoms with van der Waals surface area (Å²) in [4.78, 5) is 11.1. The number of halogens is 2. The van der Waals surface area contributed by atoms with Crippen LogP contribution in [0.3, 0.4) is 0 Å². The summed E-state index contributed by atoms with van der Waals surface area (Å²) in [6.45, 7) is 1.68. The lowest BCUT2D eigenvalue weighted by Gasteiger charge is -2.03. The van der Waals surface area contributed by atoms with Crippen molar-refractivity contribution in [3.05, 3.63) is 29.1 Å². The topological polar surface area (TPSA) is 37.3 Å². The fourth-order valence-electron chi connectivity index (χ4n) is 1.02. The quantitative estimate of drug-likeness (QED) is 0.643. The van der Waals surface area contributed by atoms with Crippen LogP contribution in [0.1, 0.15) is 15.9 Å². The molecule has 13 heavy (non-hydrogen) atoms. The zero-order valence-corrected chi connectivity index (χ0v) is 8.56. The van der Waals surface area contributed by atoms with Crippen molar-refractivity contribution in [2.45, 2.75) is 6.92 Å². The summed E-state index contributed by atoms with van der Waals surface area (Å²) in [7, 11) is 0. The molecule has 0 unspecified atom stereocenters. The zero-order chi connectivity index (χ0) is 10.0. The van der Waals surface area contributed by atoms with E-state index in [0.29, 0.717) is 5.56 Å². The van der Waals surface area contributed by atoms with E-state index in [2.05, 4.69) is 15.9 Å². The number of aromatic hydroxyl groups is 1. The standard InChI is InChI=1S/C9H8BrFO2/c1-5-2-6(8(13)4-10)9(11)7(12)3-5/h2-3,12H,4H2,1H3. The van der Waals surface area contributed by atoms with E-state index in [-0.39, 0.29) is 16.7 Å². The summed E-state index contributed by atoms with van der Waals surface area (Å²) in [6, 6.07) is 2.69. The van der Waals surface area contributed by atoms with E-state index in [1.54, 1.807) is 6.92 Å². The lowest BCUT2D eigenvalue weighted by molar-refractivity contribution is 0.101. The van der Waals surface area contributed by atoms with E-state index in [9.17, 15) is 9.18 Å². The predicted molar refractivity (Wildman–Crippen MR) is 50.9 cm³/mol. The number of carbonyl (C=O) groups is 1. The van der Waals surface area contributed by atoms with Crippen LogP contribution in [0.25, 0.3) is 0 Å². The predicted octanol–water partition coefficient (Wildman–Crippen LogP) is 2.42. The molecule has 4 heteroatoms. The van der Waals surface area contributed by atoms with Gasteiger partial charge in [-0.3, -0.25) is 4.79 Å². The second kappa shape index (κ2) is 3.87. The maximum Gasteiger partial charge on any atom is 0.176 e. The molecular weight excluding hydrogens is 239 g/mol. The van der Waals surface area contributed by atoms with Crippen LogP contribution < -0.4 is 0 Å². The molecule has 0 fully saturated rings. The molecule has 0 aliphatic carbocycles. The van der Waals surface area contributed by atoms with Crippen molar-refractivity contribution in [3.63, 3.8) is 0 Å². The highest BCUT2D eigenvalue weighted by molar-refractivity contribution is 9.09. The summed E-state index contributed by atoms with van der Waals surface area (Å²) in [5.74, 6) is -1.71. The molecule has 0 saturated heterocycles. The van der Waals surface area contributed by atoms with Crippen molar-refractivity contribution < 1.29 is 14.3 Å². The molecule has 70 valence electrons. The molecule has 0 aliphatic rings. The Kier molecular flexibility index (Phi) is 3.03. The van der Waals surface area contributed by atoms with E-state index >= 15 is 0 Å².